The van der Waals surface area contributed by atoms with Gasteiger partial charge in [-0.3, -0.25) is 4.79 Å². The summed E-state index contributed by atoms with van der Waals surface area (Å²) in [6.45, 7) is 6.29. The van der Waals surface area contributed by atoms with Gasteiger partial charge in [0.25, 0.3) is 0 Å². The van der Waals surface area contributed by atoms with Crippen LogP contribution in [0.5, 0.6) is 5.75 Å². The van der Waals surface area contributed by atoms with Gasteiger partial charge in [-0.25, -0.2) is 0 Å². The molecule has 0 spiro atoms. The zero-order valence-corrected chi connectivity index (χ0v) is 14.5. The van der Waals surface area contributed by atoms with Crippen molar-refractivity contribution in [2.24, 2.45) is 0 Å². The minimum atomic E-state index is 0. The Labute approximate surface area is 139 Å². The van der Waals surface area contributed by atoms with Gasteiger partial charge < -0.3 is 15.0 Å². The van der Waals surface area contributed by atoms with E-state index in [1.807, 2.05) is 24.1 Å². The molecule has 1 saturated heterocycles. The van der Waals surface area contributed by atoms with Crippen LogP contribution < -0.4 is 10.1 Å². The highest BCUT2D eigenvalue weighted by Gasteiger charge is 2.22. The van der Waals surface area contributed by atoms with E-state index in [2.05, 4.69) is 25.2 Å². The summed E-state index contributed by atoms with van der Waals surface area (Å²) >= 11 is 0. The number of nitrogens with zero attached hydrogens (tertiary/aromatic N) is 1. The van der Waals surface area contributed by atoms with Gasteiger partial charge in [-0.15, -0.1) is 12.4 Å². The van der Waals surface area contributed by atoms with Crippen molar-refractivity contribution < 1.29 is 9.53 Å². The summed E-state index contributed by atoms with van der Waals surface area (Å²) in [4.78, 5) is 14.1. The van der Waals surface area contributed by atoms with Crippen molar-refractivity contribution in [1.29, 1.82) is 0 Å². The molecule has 0 bridgehead atoms. The van der Waals surface area contributed by atoms with Crippen molar-refractivity contribution >= 4 is 18.3 Å². The van der Waals surface area contributed by atoms with Gasteiger partial charge >= 0.3 is 0 Å². The highest BCUT2D eigenvalue weighted by Crippen LogP contribution is 2.17. The number of carbonyl (C=O) groups excluding carboxylic acids is 1. The molecule has 4 nitrogen and oxygen atoms in total. The van der Waals surface area contributed by atoms with Crippen LogP contribution in [0, 0.1) is 13.8 Å². The van der Waals surface area contributed by atoms with Crippen LogP contribution in [-0.4, -0.2) is 43.6 Å². The summed E-state index contributed by atoms with van der Waals surface area (Å²) in [6.07, 6.45) is 2.68. The summed E-state index contributed by atoms with van der Waals surface area (Å²) in [5.74, 6) is 1.04. The Morgan fingerprint density at radius 1 is 1.36 bits per heavy atom. The van der Waals surface area contributed by atoms with Crippen LogP contribution >= 0.6 is 12.4 Å². The molecule has 0 aliphatic carbocycles. The second kappa shape index (κ2) is 9.01. The van der Waals surface area contributed by atoms with Gasteiger partial charge in [0, 0.05) is 19.1 Å². The normalized spacial score (nSPS) is 17.8. The molecule has 1 aliphatic rings. The molecule has 5 heteroatoms. The number of amides is 1. The van der Waals surface area contributed by atoms with E-state index >= 15 is 0 Å². The first-order chi connectivity index (χ1) is 10.1. The fraction of sp³-hybridized carbons (Fsp3) is 0.588. The number of likely N-dealkylation sites (tertiary alicyclic amines) is 1. The number of halogens is 1. The Hall–Kier alpha value is -1.26. The molecule has 22 heavy (non-hydrogen) atoms. The Morgan fingerprint density at radius 3 is 2.82 bits per heavy atom. The molecule has 1 N–H and O–H groups in total. The van der Waals surface area contributed by atoms with Crippen LogP contribution in [0.4, 0.5) is 0 Å². The number of rotatable bonds is 5. The maximum atomic E-state index is 12.2. The molecule has 1 atom stereocenters. The Bertz CT molecular complexity index is 494. The second-order valence-corrected chi connectivity index (χ2v) is 5.81. The molecule has 1 unspecified atom stereocenters. The van der Waals surface area contributed by atoms with Crippen molar-refractivity contribution in [3.05, 3.63) is 29.3 Å². The van der Waals surface area contributed by atoms with E-state index in [1.165, 1.54) is 11.1 Å². The lowest BCUT2D eigenvalue weighted by Crippen LogP contribution is -2.47. The topological polar surface area (TPSA) is 41.6 Å². The first-order valence-corrected chi connectivity index (χ1v) is 7.75. The minimum Gasteiger partial charge on any atom is -0.493 e. The number of nitrogens with one attached hydrogen (secondary N) is 1. The third kappa shape index (κ3) is 5.18. The summed E-state index contributed by atoms with van der Waals surface area (Å²) in [5.41, 5.74) is 2.47. The highest BCUT2D eigenvalue weighted by atomic mass is 35.5. The summed E-state index contributed by atoms with van der Waals surface area (Å²) in [6, 6.07) is 6.47. The van der Waals surface area contributed by atoms with E-state index < -0.39 is 0 Å². The molecule has 0 aromatic heterocycles. The molecular formula is C17H27ClN2O2. The van der Waals surface area contributed by atoms with Gasteiger partial charge in [-0.1, -0.05) is 6.07 Å². The number of ether oxygens (including phenoxy) is 1. The maximum Gasteiger partial charge on any atom is 0.226 e. The van der Waals surface area contributed by atoms with Gasteiger partial charge in [0.2, 0.25) is 5.91 Å². The van der Waals surface area contributed by atoms with E-state index in [1.54, 1.807) is 0 Å². The van der Waals surface area contributed by atoms with Gasteiger partial charge in [0.1, 0.15) is 5.75 Å². The lowest BCUT2D eigenvalue weighted by atomic mass is 10.1. The molecule has 0 saturated carbocycles. The highest BCUT2D eigenvalue weighted by molar-refractivity contribution is 5.85. The molecular weight excluding hydrogens is 300 g/mol. The third-order valence-electron chi connectivity index (χ3n) is 4.25. The SMILES string of the molecule is CNC1CCCN(C(=O)CCOc2ccc(C)c(C)c2)C1.Cl. The van der Waals surface area contributed by atoms with Crippen molar-refractivity contribution in [2.75, 3.05) is 26.7 Å². The molecule has 2 rings (SSSR count). The van der Waals surface area contributed by atoms with Crippen LogP contribution in [0.15, 0.2) is 18.2 Å². The van der Waals surface area contributed by atoms with Crippen LogP contribution in [-0.2, 0) is 4.79 Å². The summed E-state index contributed by atoms with van der Waals surface area (Å²) in [5, 5.41) is 3.26. The smallest absolute Gasteiger partial charge is 0.226 e. The molecule has 124 valence electrons. The lowest BCUT2D eigenvalue weighted by Gasteiger charge is -2.32. The van der Waals surface area contributed by atoms with E-state index in [4.69, 9.17) is 4.74 Å². The lowest BCUT2D eigenvalue weighted by molar-refractivity contribution is -0.133. The Balaban J connectivity index is 0.00000242. The third-order valence-corrected chi connectivity index (χ3v) is 4.25. The maximum absolute atomic E-state index is 12.2. The standard InChI is InChI=1S/C17H26N2O2.ClH/c1-13-6-7-16(11-14(13)2)21-10-8-17(20)19-9-4-5-15(12-19)18-3;/h6-7,11,15,18H,4-5,8-10,12H2,1-3H3;1H. The number of likely N-dealkylation sites (N-methyl/N-ethyl adjacent to an activating group) is 1. The fourth-order valence-electron chi connectivity index (χ4n) is 2.66. The summed E-state index contributed by atoms with van der Waals surface area (Å²) < 4.78 is 5.69. The molecule has 1 heterocycles. The largest absolute Gasteiger partial charge is 0.493 e. The number of carbonyl (C=O) groups is 1. The van der Waals surface area contributed by atoms with Crippen molar-refractivity contribution in [1.82, 2.24) is 10.2 Å². The molecule has 1 amide bonds. The number of benzene rings is 1. The molecule has 1 aliphatic heterocycles. The van der Waals surface area contributed by atoms with Crippen LogP contribution in [0.2, 0.25) is 0 Å². The monoisotopic (exact) mass is 326 g/mol. The molecule has 1 fully saturated rings. The van der Waals surface area contributed by atoms with E-state index in [9.17, 15) is 4.79 Å². The quantitative estimate of drug-likeness (QED) is 0.904. The zero-order valence-electron chi connectivity index (χ0n) is 13.7. The number of hydrogen-bond acceptors (Lipinski definition) is 3. The van der Waals surface area contributed by atoms with E-state index in [0.29, 0.717) is 19.1 Å². The minimum absolute atomic E-state index is 0. The van der Waals surface area contributed by atoms with E-state index in [0.717, 1.165) is 31.7 Å². The number of piperidine rings is 1. The molecule has 1 aromatic rings. The average molecular weight is 327 g/mol. The van der Waals surface area contributed by atoms with E-state index in [-0.39, 0.29) is 18.3 Å². The number of hydrogen-bond donors (Lipinski definition) is 1. The average Bonchev–Trinajstić information content (AvgIpc) is 2.50. The van der Waals surface area contributed by atoms with Gasteiger partial charge in [-0.2, -0.15) is 0 Å². The van der Waals surface area contributed by atoms with Crippen LogP contribution in [0.1, 0.15) is 30.4 Å². The summed E-state index contributed by atoms with van der Waals surface area (Å²) in [7, 11) is 1.96. The number of aryl methyl sites for hydroxylation is 2. The molecule has 1 aromatic carbocycles. The fourth-order valence-corrected chi connectivity index (χ4v) is 2.66. The van der Waals surface area contributed by atoms with Crippen molar-refractivity contribution in [3.63, 3.8) is 0 Å². The molecule has 0 radical (unpaired) electrons. The Morgan fingerprint density at radius 2 is 2.14 bits per heavy atom. The van der Waals surface area contributed by atoms with Crippen molar-refractivity contribution in [2.45, 2.75) is 39.2 Å². The zero-order chi connectivity index (χ0) is 15.2. The first-order valence-electron chi connectivity index (χ1n) is 7.75. The van der Waals surface area contributed by atoms with Gasteiger partial charge in [-0.05, 0) is 57.0 Å². The predicted octanol–water partition coefficient (Wildman–Crippen LogP) is 2.70. The van der Waals surface area contributed by atoms with Crippen LogP contribution in [0.3, 0.4) is 0 Å². The van der Waals surface area contributed by atoms with Gasteiger partial charge in [0.05, 0.1) is 13.0 Å². The predicted molar refractivity (Wildman–Crippen MR) is 91.9 cm³/mol. The van der Waals surface area contributed by atoms with Crippen LogP contribution in [0.25, 0.3) is 0 Å². The van der Waals surface area contributed by atoms with Crippen molar-refractivity contribution in [3.8, 4) is 5.75 Å². The Kier molecular flexibility index (Phi) is 7.69. The van der Waals surface area contributed by atoms with Gasteiger partial charge in [0.15, 0.2) is 0 Å². The first kappa shape index (κ1) is 18.8. The second-order valence-electron chi connectivity index (χ2n) is 5.81.